The number of carboxylic acid groups (broad SMARTS) is 1. The van der Waals surface area contributed by atoms with E-state index < -0.39 is 11.5 Å². The predicted octanol–water partition coefficient (Wildman–Crippen LogP) is 1.24. The summed E-state index contributed by atoms with van der Waals surface area (Å²) in [6.45, 7) is 1.32. The second kappa shape index (κ2) is 7.89. The molecule has 0 radical (unpaired) electrons. The van der Waals surface area contributed by atoms with E-state index in [2.05, 4.69) is 5.32 Å². The molecule has 0 saturated heterocycles. The van der Waals surface area contributed by atoms with Crippen molar-refractivity contribution in [3.8, 4) is 0 Å². The fourth-order valence-corrected chi connectivity index (χ4v) is 1.94. The van der Waals surface area contributed by atoms with Crippen molar-refractivity contribution < 1.29 is 19.4 Å². The number of aliphatic carboxylic acids is 1. The lowest BCUT2D eigenvalue weighted by Gasteiger charge is -2.29. The average Bonchev–Trinajstić information content (AvgIpc) is 2.44. The Labute approximate surface area is 113 Å². The van der Waals surface area contributed by atoms with Crippen molar-refractivity contribution in [2.75, 3.05) is 34.0 Å². The number of benzene rings is 1. The van der Waals surface area contributed by atoms with Gasteiger partial charge in [0.15, 0.2) is 0 Å². The van der Waals surface area contributed by atoms with Crippen LogP contribution < -0.4 is 5.32 Å². The van der Waals surface area contributed by atoms with Crippen LogP contribution in [0.5, 0.6) is 0 Å². The lowest BCUT2D eigenvalue weighted by atomic mass is 9.87. The topological polar surface area (TPSA) is 67.8 Å². The smallest absolute Gasteiger partial charge is 0.328 e. The molecule has 0 bridgehead atoms. The molecule has 0 amide bonds. The maximum atomic E-state index is 11.6. The van der Waals surface area contributed by atoms with Crippen molar-refractivity contribution in [2.45, 2.75) is 12.0 Å². The van der Waals surface area contributed by atoms with Gasteiger partial charge in [-0.15, -0.1) is 0 Å². The summed E-state index contributed by atoms with van der Waals surface area (Å²) in [5.41, 5.74) is -0.394. The summed E-state index contributed by atoms with van der Waals surface area (Å²) in [6.07, 6.45) is 0.354. The number of carbonyl (C=O) groups is 1. The molecule has 1 aromatic carbocycles. The molecule has 2 N–H and O–H groups in total. The van der Waals surface area contributed by atoms with Crippen molar-refractivity contribution >= 4 is 5.97 Å². The second-order valence-corrected chi connectivity index (χ2v) is 4.18. The molecule has 106 valence electrons. The van der Waals surface area contributed by atoms with Crippen LogP contribution in [0.2, 0.25) is 0 Å². The Bertz CT molecular complexity index is 382. The number of methoxy groups -OCH3 is 1. The van der Waals surface area contributed by atoms with E-state index >= 15 is 0 Å². The van der Waals surface area contributed by atoms with Crippen molar-refractivity contribution in [2.24, 2.45) is 0 Å². The van der Waals surface area contributed by atoms with Gasteiger partial charge < -0.3 is 19.9 Å². The summed E-state index contributed by atoms with van der Waals surface area (Å²) in [6, 6.07) is 9.13. The number of carboxylic acids is 1. The summed E-state index contributed by atoms with van der Waals surface area (Å²) in [7, 11) is 3.25. The van der Waals surface area contributed by atoms with Gasteiger partial charge in [0.1, 0.15) is 5.54 Å². The Morgan fingerprint density at radius 1 is 1.26 bits per heavy atom. The molecule has 0 spiro atoms. The molecule has 1 rings (SSSR count). The van der Waals surface area contributed by atoms with Crippen LogP contribution in [0.4, 0.5) is 0 Å². The van der Waals surface area contributed by atoms with E-state index in [1.807, 2.05) is 18.2 Å². The molecule has 1 atom stereocenters. The number of ether oxygens (including phenoxy) is 2. The molecule has 0 saturated carbocycles. The molecule has 0 fully saturated rings. The quantitative estimate of drug-likeness (QED) is 0.659. The molecule has 1 aromatic rings. The average molecular weight is 267 g/mol. The van der Waals surface area contributed by atoms with Gasteiger partial charge in [-0.2, -0.15) is 0 Å². The van der Waals surface area contributed by atoms with Crippen LogP contribution in [0.3, 0.4) is 0 Å². The van der Waals surface area contributed by atoms with Crippen LogP contribution in [0.15, 0.2) is 30.3 Å². The predicted molar refractivity (Wildman–Crippen MR) is 72.1 cm³/mol. The normalized spacial score (nSPS) is 14.0. The first-order valence-electron chi connectivity index (χ1n) is 6.22. The highest BCUT2D eigenvalue weighted by Crippen LogP contribution is 2.25. The van der Waals surface area contributed by atoms with Gasteiger partial charge in [-0.3, -0.25) is 0 Å². The first-order valence-corrected chi connectivity index (χ1v) is 6.22. The van der Waals surface area contributed by atoms with Gasteiger partial charge in [-0.1, -0.05) is 30.3 Å². The first-order chi connectivity index (χ1) is 9.17. The third kappa shape index (κ3) is 4.02. The Kier molecular flexibility index (Phi) is 6.49. The van der Waals surface area contributed by atoms with Gasteiger partial charge in [-0.05, 0) is 12.6 Å². The lowest BCUT2D eigenvalue weighted by molar-refractivity contribution is -0.146. The zero-order valence-corrected chi connectivity index (χ0v) is 11.4. The zero-order chi connectivity index (χ0) is 14.1. The third-order valence-corrected chi connectivity index (χ3v) is 3.11. The molecule has 5 heteroatoms. The summed E-state index contributed by atoms with van der Waals surface area (Å²) in [5, 5.41) is 12.4. The van der Waals surface area contributed by atoms with Crippen LogP contribution in [0.25, 0.3) is 0 Å². The summed E-state index contributed by atoms with van der Waals surface area (Å²) >= 11 is 0. The van der Waals surface area contributed by atoms with Crippen molar-refractivity contribution in [1.82, 2.24) is 5.32 Å². The zero-order valence-electron chi connectivity index (χ0n) is 11.4. The first kappa shape index (κ1) is 15.6. The van der Waals surface area contributed by atoms with Gasteiger partial charge >= 0.3 is 5.97 Å². The monoisotopic (exact) mass is 267 g/mol. The third-order valence-electron chi connectivity index (χ3n) is 3.11. The van der Waals surface area contributed by atoms with Crippen molar-refractivity contribution in [3.63, 3.8) is 0 Å². The highest BCUT2D eigenvalue weighted by atomic mass is 16.5. The van der Waals surface area contributed by atoms with Gasteiger partial charge in [0.25, 0.3) is 0 Å². The highest BCUT2D eigenvalue weighted by molar-refractivity contribution is 5.80. The molecule has 0 aliphatic rings. The van der Waals surface area contributed by atoms with E-state index in [-0.39, 0.29) is 0 Å². The number of nitrogens with one attached hydrogen (secondary N) is 1. The maximum absolute atomic E-state index is 11.6. The molecule has 0 heterocycles. The van der Waals surface area contributed by atoms with Crippen LogP contribution in [-0.2, 0) is 19.8 Å². The van der Waals surface area contributed by atoms with E-state index in [4.69, 9.17) is 9.47 Å². The van der Waals surface area contributed by atoms with Crippen molar-refractivity contribution in [1.29, 1.82) is 0 Å². The minimum absolute atomic E-state index is 0.353. The molecular formula is C14H21NO4. The molecule has 5 nitrogen and oxygen atoms in total. The Morgan fingerprint density at radius 2 is 1.95 bits per heavy atom. The molecule has 0 aliphatic heterocycles. The summed E-state index contributed by atoms with van der Waals surface area (Å²) in [4.78, 5) is 11.6. The fraction of sp³-hybridized carbons (Fsp3) is 0.500. The van der Waals surface area contributed by atoms with E-state index in [0.717, 1.165) is 5.56 Å². The molecule has 19 heavy (non-hydrogen) atoms. The van der Waals surface area contributed by atoms with Crippen LogP contribution in [0, 0.1) is 0 Å². The van der Waals surface area contributed by atoms with E-state index in [0.29, 0.717) is 26.2 Å². The Balaban J connectivity index is 2.74. The standard InChI is InChI=1S/C14H21NO4/c1-15-14(13(16)17,8-9-19-11-10-18-2)12-6-4-3-5-7-12/h3-7,15H,8-11H2,1-2H3,(H,16,17). The summed E-state index contributed by atoms with van der Waals surface area (Å²) < 4.78 is 10.3. The minimum atomic E-state index is -1.12. The van der Waals surface area contributed by atoms with Crippen molar-refractivity contribution in [3.05, 3.63) is 35.9 Å². The van der Waals surface area contributed by atoms with E-state index in [9.17, 15) is 9.90 Å². The number of hydrogen-bond acceptors (Lipinski definition) is 4. The van der Waals surface area contributed by atoms with Gasteiger partial charge in [0.2, 0.25) is 0 Å². The van der Waals surface area contributed by atoms with Crippen LogP contribution in [0.1, 0.15) is 12.0 Å². The van der Waals surface area contributed by atoms with E-state index in [1.165, 1.54) is 0 Å². The minimum Gasteiger partial charge on any atom is -0.480 e. The Hall–Kier alpha value is -1.43. The molecular weight excluding hydrogens is 246 g/mol. The van der Waals surface area contributed by atoms with Gasteiger partial charge in [-0.25, -0.2) is 4.79 Å². The SMILES string of the molecule is CNC(CCOCCOC)(C(=O)O)c1ccccc1. The fourth-order valence-electron chi connectivity index (χ4n) is 1.94. The van der Waals surface area contributed by atoms with Gasteiger partial charge in [0.05, 0.1) is 13.2 Å². The number of hydrogen-bond donors (Lipinski definition) is 2. The van der Waals surface area contributed by atoms with Crippen LogP contribution in [-0.4, -0.2) is 45.1 Å². The highest BCUT2D eigenvalue weighted by Gasteiger charge is 2.38. The number of likely N-dealkylation sites (N-methyl/N-ethyl adjacent to an activating group) is 1. The largest absolute Gasteiger partial charge is 0.480 e. The Morgan fingerprint density at radius 3 is 2.47 bits per heavy atom. The molecule has 0 aromatic heterocycles. The second-order valence-electron chi connectivity index (χ2n) is 4.18. The number of rotatable bonds is 9. The summed E-state index contributed by atoms with van der Waals surface area (Å²) in [5.74, 6) is -0.906. The van der Waals surface area contributed by atoms with E-state index in [1.54, 1.807) is 26.3 Å². The molecule has 1 unspecified atom stereocenters. The van der Waals surface area contributed by atoms with Gasteiger partial charge in [0, 0.05) is 20.1 Å². The molecule has 0 aliphatic carbocycles. The lowest BCUT2D eigenvalue weighted by Crippen LogP contribution is -2.48. The maximum Gasteiger partial charge on any atom is 0.328 e. The van der Waals surface area contributed by atoms with Crippen LogP contribution >= 0.6 is 0 Å².